The van der Waals surface area contributed by atoms with Crippen LogP contribution in [0, 0.1) is 0 Å². The lowest BCUT2D eigenvalue weighted by atomic mass is 9.82. The van der Waals surface area contributed by atoms with Crippen molar-refractivity contribution in [3.05, 3.63) is 0 Å². The first kappa shape index (κ1) is 14.5. The summed E-state index contributed by atoms with van der Waals surface area (Å²) in [5, 5.41) is 2.70. The van der Waals surface area contributed by atoms with Crippen molar-refractivity contribution in [2.45, 2.75) is 76.2 Å². The zero-order chi connectivity index (χ0) is 15.3. The summed E-state index contributed by atoms with van der Waals surface area (Å²) < 4.78 is 11.1. The van der Waals surface area contributed by atoms with Gasteiger partial charge in [0.2, 0.25) is 0 Å². The molecule has 3 saturated heterocycles. The molecular formula is C15H24N2O4. The number of nitrogens with one attached hydrogen (secondary N) is 1. The van der Waals surface area contributed by atoms with E-state index in [-0.39, 0.29) is 29.9 Å². The first-order valence-corrected chi connectivity index (χ1v) is 7.76. The number of rotatable bonds is 0. The van der Waals surface area contributed by atoms with Crippen molar-refractivity contribution in [3.8, 4) is 0 Å². The van der Waals surface area contributed by atoms with E-state index in [0.717, 1.165) is 32.1 Å². The Balaban J connectivity index is 1.72. The van der Waals surface area contributed by atoms with Crippen molar-refractivity contribution < 1.29 is 19.1 Å². The summed E-state index contributed by atoms with van der Waals surface area (Å²) in [5.41, 5.74) is -0.862. The number of hydrogen-bond donors (Lipinski definition) is 1. The van der Waals surface area contributed by atoms with Crippen LogP contribution in [0.2, 0.25) is 0 Å². The Morgan fingerprint density at radius 3 is 2.48 bits per heavy atom. The molecule has 0 aromatic carbocycles. The lowest BCUT2D eigenvalue weighted by Gasteiger charge is -2.47. The van der Waals surface area contributed by atoms with Gasteiger partial charge in [0.25, 0.3) is 0 Å². The van der Waals surface area contributed by atoms with Gasteiger partial charge in [-0.3, -0.25) is 0 Å². The van der Waals surface area contributed by atoms with Crippen molar-refractivity contribution in [3.63, 3.8) is 0 Å². The van der Waals surface area contributed by atoms with Gasteiger partial charge in [-0.15, -0.1) is 0 Å². The molecule has 0 aromatic heterocycles. The van der Waals surface area contributed by atoms with Crippen LogP contribution in [-0.4, -0.2) is 46.9 Å². The van der Waals surface area contributed by atoms with E-state index in [4.69, 9.17) is 9.47 Å². The van der Waals surface area contributed by atoms with E-state index in [1.807, 2.05) is 25.7 Å². The molecule has 2 atom stereocenters. The van der Waals surface area contributed by atoms with Crippen molar-refractivity contribution in [2.24, 2.45) is 0 Å². The van der Waals surface area contributed by atoms with Gasteiger partial charge in [-0.25, -0.2) is 9.59 Å². The third kappa shape index (κ3) is 2.80. The van der Waals surface area contributed by atoms with Gasteiger partial charge in [-0.05, 0) is 33.6 Å². The zero-order valence-corrected chi connectivity index (χ0v) is 13.0. The molecule has 1 spiro atoms. The molecule has 1 N–H and O–H groups in total. The van der Waals surface area contributed by atoms with E-state index >= 15 is 0 Å². The van der Waals surface area contributed by atoms with Crippen LogP contribution in [0.1, 0.15) is 52.9 Å². The minimum atomic E-state index is -0.479. The zero-order valence-electron chi connectivity index (χ0n) is 13.0. The smallest absolute Gasteiger partial charge is 0.410 e. The maximum atomic E-state index is 12.4. The molecule has 3 aliphatic heterocycles. The molecular weight excluding hydrogens is 272 g/mol. The summed E-state index contributed by atoms with van der Waals surface area (Å²) >= 11 is 0. The molecule has 3 heterocycles. The Bertz CT molecular complexity index is 443. The third-order valence-electron chi connectivity index (χ3n) is 4.60. The van der Waals surface area contributed by atoms with Crippen LogP contribution >= 0.6 is 0 Å². The molecule has 6 nitrogen and oxygen atoms in total. The molecule has 0 radical (unpaired) electrons. The Morgan fingerprint density at radius 2 is 1.95 bits per heavy atom. The van der Waals surface area contributed by atoms with Gasteiger partial charge < -0.3 is 19.7 Å². The van der Waals surface area contributed by atoms with Crippen LogP contribution in [0.25, 0.3) is 0 Å². The molecule has 3 fully saturated rings. The highest BCUT2D eigenvalue weighted by Crippen LogP contribution is 2.45. The topological polar surface area (TPSA) is 67.9 Å². The predicted octanol–water partition coefficient (Wildman–Crippen LogP) is 2.42. The van der Waals surface area contributed by atoms with Gasteiger partial charge in [0, 0.05) is 37.9 Å². The fraction of sp³-hybridized carbons (Fsp3) is 0.867. The molecule has 6 heteroatoms. The van der Waals surface area contributed by atoms with Gasteiger partial charge in [0.05, 0.1) is 0 Å². The minimum Gasteiger partial charge on any atom is -0.444 e. The molecule has 2 amide bonds. The Kier molecular flexibility index (Phi) is 3.30. The fourth-order valence-electron chi connectivity index (χ4n) is 3.88. The molecule has 2 bridgehead atoms. The minimum absolute atomic E-state index is 0.129. The Morgan fingerprint density at radius 1 is 1.33 bits per heavy atom. The van der Waals surface area contributed by atoms with Gasteiger partial charge in [0.1, 0.15) is 11.2 Å². The molecule has 3 rings (SSSR count). The van der Waals surface area contributed by atoms with E-state index in [1.54, 1.807) is 0 Å². The average molecular weight is 296 g/mol. The largest absolute Gasteiger partial charge is 0.444 e. The summed E-state index contributed by atoms with van der Waals surface area (Å²) in [6, 6.07) is 0.258. The van der Waals surface area contributed by atoms with E-state index in [1.165, 1.54) is 0 Å². The van der Waals surface area contributed by atoms with E-state index in [2.05, 4.69) is 5.32 Å². The van der Waals surface area contributed by atoms with Gasteiger partial charge >= 0.3 is 12.2 Å². The van der Waals surface area contributed by atoms with Crippen molar-refractivity contribution in [2.75, 3.05) is 6.54 Å². The third-order valence-corrected chi connectivity index (χ3v) is 4.60. The van der Waals surface area contributed by atoms with Crippen molar-refractivity contribution >= 4 is 12.2 Å². The number of carbonyl (C=O) groups is 2. The SMILES string of the molecule is CC(C)(C)OC(=O)N1C2CCC1CC1(CCNC(=O)O1)C2. The van der Waals surface area contributed by atoms with Crippen LogP contribution in [0.15, 0.2) is 0 Å². The molecule has 21 heavy (non-hydrogen) atoms. The lowest BCUT2D eigenvalue weighted by molar-refractivity contribution is -0.0786. The number of carbonyl (C=O) groups excluding carboxylic acids is 2. The summed E-state index contributed by atoms with van der Waals surface area (Å²) in [5.74, 6) is 0. The maximum Gasteiger partial charge on any atom is 0.410 e. The number of alkyl carbamates (subject to hydrolysis) is 1. The number of piperidine rings is 1. The van der Waals surface area contributed by atoms with E-state index in [9.17, 15) is 9.59 Å². The van der Waals surface area contributed by atoms with Crippen LogP contribution in [0.5, 0.6) is 0 Å². The average Bonchev–Trinajstić information content (AvgIpc) is 2.60. The van der Waals surface area contributed by atoms with Gasteiger partial charge in [0.15, 0.2) is 0 Å². The van der Waals surface area contributed by atoms with Crippen molar-refractivity contribution in [1.29, 1.82) is 0 Å². The monoisotopic (exact) mass is 296 g/mol. The van der Waals surface area contributed by atoms with Crippen LogP contribution in [-0.2, 0) is 9.47 Å². The van der Waals surface area contributed by atoms with E-state index < -0.39 is 5.60 Å². The molecule has 0 saturated carbocycles. The maximum absolute atomic E-state index is 12.4. The van der Waals surface area contributed by atoms with Crippen molar-refractivity contribution in [1.82, 2.24) is 10.2 Å². The Labute approximate surface area is 125 Å². The normalized spacial score (nSPS) is 35.4. The summed E-state index contributed by atoms with van der Waals surface area (Å²) in [4.78, 5) is 25.8. The highest BCUT2D eigenvalue weighted by Gasteiger charge is 2.53. The second-order valence-corrected chi connectivity index (χ2v) is 7.43. The summed E-state index contributed by atoms with van der Waals surface area (Å²) in [6.07, 6.45) is 3.67. The molecule has 118 valence electrons. The van der Waals surface area contributed by atoms with Gasteiger partial charge in [-0.2, -0.15) is 0 Å². The highest BCUT2D eigenvalue weighted by atomic mass is 16.6. The first-order valence-electron chi connectivity index (χ1n) is 7.76. The van der Waals surface area contributed by atoms with Crippen LogP contribution < -0.4 is 5.32 Å². The summed E-state index contributed by atoms with van der Waals surface area (Å²) in [6.45, 7) is 6.30. The lowest BCUT2D eigenvalue weighted by Crippen LogP contribution is -2.58. The summed E-state index contributed by atoms with van der Waals surface area (Å²) in [7, 11) is 0. The number of fused-ring (bicyclic) bond motifs is 2. The predicted molar refractivity (Wildman–Crippen MR) is 75.9 cm³/mol. The number of hydrogen-bond acceptors (Lipinski definition) is 4. The Hall–Kier alpha value is -1.46. The van der Waals surface area contributed by atoms with E-state index in [0.29, 0.717) is 6.54 Å². The molecule has 2 unspecified atom stereocenters. The van der Waals surface area contributed by atoms with Crippen LogP contribution in [0.4, 0.5) is 9.59 Å². The number of amides is 2. The molecule has 0 aromatic rings. The van der Waals surface area contributed by atoms with Crippen LogP contribution in [0.3, 0.4) is 0 Å². The molecule has 0 aliphatic carbocycles. The first-order chi connectivity index (χ1) is 9.78. The molecule has 3 aliphatic rings. The fourth-order valence-corrected chi connectivity index (χ4v) is 3.88. The standard InChI is InChI=1S/C15H24N2O4/c1-14(2,3)21-13(19)17-10-4-5-11(17)9-15(8-10)6-7-16-12(18)20-15/h10-11H,4-9H2,1-3H3,(H,16,18). The number of ether oxygens (including phenoxy) is 2. The second kappa shape index (κ2) is 4.78. The van der Waals surface area contributed by atoms with Gasteiger partial charge in [-0.1, -0.05) is 0 Å². The highest BCUT2D eigenvalue weighted by molar-refractivity contribution is 5.71. The second-order valence-electron chi connectivity index (χ2n) is 7.43. The quantitative estimate of drug-likeness (QED) is 0.745. The number of nitrogens with zero attached hydrogens (tertiary/aromatic N) is 1.